The SMILES string of the molecule is C[C@@H](NC(=O)CNC(=O)c1ccc(Cl)cc1Cl)c1cccc(F)c1. The van der Waals surface area contributed by atoms with Gasteiger partial charge in [0.1, 0.15) is 5.82 Å². The van der Waals surface area contributed by atoms with E-state index in [4.69, 9.17) is 23.2 Å². The number of benzene rings is 2. The topological polar surface area (TPSA) is 58.2 Å². The maximum absolute atomic E-state index is 13.2. The third-order valence-electron chi connectivity index (χ3n) is 3.31. The number of carbonyl (C=O) groups is 2. The van der Waals surface area contributed by atoms with Crippen molar-refractivity contribution < 1.29 is 14.0 Å². The first-order chi connectivity index (χ1) is 11.4. The van der Waals surface area contributed by atoms with E-state index in [1.165, 1.54) is 30.3 Å². The Hall–Kier alpha value is -2.11. The molecule has 0 spiro atoms. The molecule has 0 saturated heterocycles. The van der Waals surface area contributed by atoms with Gasteiger partial charge in [0.15, 0.2) is 0 Å². The molecule has 0 heterocycles. The van der Waals surface area contributed by atoms with Crippen LogP contribution >= 0.6 is 23.2 Å². The summed E-state index contributed by atoms with van der Waals surface area (Å²) in [4.78, 5) is 23.9. The summed E-state index contributed by atoms with van der Waals surface area (Å²) >= 11 is 11.7. The van der Waals surface area contributed by atoms with Gasteiger partial charge in [-0.15, -0.1) is 0 Å². The lowest BCUT2D eigenvalue weighted by Crippen LogP contribution is -2.38. The Morgan fingerprint density at radius 1 is 1.17 bits per heavy atom. The number of rotatable bonds is 5. The van der Waals surface area contributed by atoms with E-state index in [9.17, 15) is 14.0 Å². The molecule has 0 aliphatic rings. The van der Waals surface area contributed by atoms with Crippen molar-refractivity contribution in [1.82, 2.24) is 10.6 Å². The van der Waals surface area contributed by atoms with Gasteiger partial charge in [0.25, 0.3) is 5.91 Å². The maximum Gasteiger partial charge on any atom is 0.253 e. The lowest BCUT2D eigenvalue weighted by atomic mass is 10.1. The summed E-state index contributed by atoms with van der Waals surface area (Å²) in [6.45, 7) is 1.50. The number of hydrogen-bond acceptors (Lipinski definition) is 2. The molecule has 24 heavy (non-hydrogen) atoms. The maximum atomic E-state index is 13.2. The average molecular weight is 369 g/mol. The second-order valence-electron chi connectivity index (χ2n) is 5.15. The number of halogens is 3. The second kappa shape index (κ2) is 8.13. The lowest BCUT2D eigenvalue weighted by molar-refractivity contribution is -0.120. The highest BCUT2D eigenvalue weighted by atomic mass is 35.5. The summed E-state index contributed by atoms with van der Waals surface area (Å²) in [5.74, 6) is -1.25. The van der Waals surface area contributed by atoms with Crippen LogP contribution in [0.15, 0.2) is 42.5 Å². The Balaban J connectivity index is 1.89. The van der Waals surface area contributed by atoms with E-state index in [0.717, 1.165) is 0 Å². The monoisotopic (exact) mass is 368 g/mol. The predicted molar refractivity (Wildman–Crippen MR) is 91.8 cm³/mol. The molecule has 1 atom stereocenters. The third kappa shape index (κ3) is 4.94. The van der Waals surface area contributed by atoms with E-state index >= 15 is 0 Å². The summed E-state index contributed by atoms with van der Waals surface area (Å²) in [7, 11) is 0. The Kier molecular flexibility index (Phi) is 6.17. The van der Waals surface area contributed by atoms with Gasteiger partial charge in [-0.3, -0.25) is 9.59 Å². The molecule has 0 fully saturated rings. The van der Waals surface area contributed by atoms with Crippen LogP contribution in [0.5, 0.6) is 0 Å². The Morgan fingerprint density at radius 3 is 2.58 bits per heavy atom. The van der Waals surface area contributed by atoms with Crippen LogP contribution in [0.3, 0.4) is 0 Å². The first kappa shape index (κ1) is 18.2. The van der Waals surface area contributed by atoms with E-state index < -0.39 is 11.8 Å². The van der Waals surface area contributed by atoms with Crippen molar-refractivity contribution >= 4 is 35.0 Å². The fraction of sp³-hybridized carbons (Fsp3) is 0.176. The molecule has 126 valence electrons. The molecule has 0 saturated carbocycles. The summed E-state index contributed by atoms with van der Waals surface area (Å²) in [6.07, 6.45) is 0. The van der Waals surface area contributed by atoms with Gasteiger partial charge in [-0.05, 0) is 42.8 Å². The molecule has 7 heteroatoms. The molecule has 2 aromatic rings. The zero-order valence-electron chi connectivity index (χ0n) is 12.8. The van der Waals surface area contributed by atoms with Crippen LogP contribution in [-0.2, 0) is 4.79 Å². The smallest absolute Gasteiger partial charge is 0.253 e. The van der Waals surface area contributed by atoms with Gasteiger partial charge in [-0.2, -0.15) is 0 Å². The van der Waals surface area contributed by atoms with Crippen molar-refractivity contribution in [2.45, 2.75) is 13.0 Å². The van der Waals surface area contributed by atoms with E-state index in [1.807, 2.05) is 0 Å². The van der Waals surface area contributed by atoms with Crippen LogP contribution in [0.4, 0.5) is 4.39 Å². The van der Waals surface area contributed by atoms with Crippen LogP contribution in [0.25, 0.3) is 0 Å². The summed E-state index contributed by atoms with van der Waals surface area (Å²) in [5, 5.41) is 5.77. The standard InChI is InChI=1S/C17H15Cl2FN2O2/c1-10(11-3-2-4-13(20)7-11)22-16(23)9-21-17(24)14-6-5-12(18)8-15(14)19/h2-8,10H,9H2,1H3,(H,21,24)(H,22,23)/t10-/m1/s1. The van der Waals surface area contributed by atoms with Gasteiger partial charge in [0, 0.05) is 5.02 Å². The van der Waals surface area contributed by atoms with E-state index in [0.29, 0.717) is 10.6 Å². The number of hydrogen-bond donors (Lipinski definition) is 2. The van der Waals surface area contributed by atoms with Crippen molar-refractivity contribution in [1.29, 1.82) is 0 Å². The molecule has 0 bridgehead atoms. The van der Waals surface area contributed by atoms with Crippen LogP contribution in [0.2, 0.25) is 10.0 Å². The van der Waals surface area contributed by atoms with Crippen molar-refractivity contribution in [3.05, 3.63) is 69.5 Å². The molecule has 2 N–H and O–H groups in total. The summed E-state index contributed by atoms with van der Waals surface area (Å²) in [5.41, 5.74) is 0.863. The van der Waals surface area contributed by atoms with E-state index in [2.05, 4.69) is 10.6 Å². The summed E-state index contributed by atoms with van der Waals surface area (Å²) < 4.78 is 13.2. The van der Waals surface area contributed by atoms with Crippen molar-refractivity contribution in [2.24, 2.45) is 0 Å². The van der Waals surface area contributed by atoms with Gasteiger partial charge in [0.2, 0.25) is 5.91 Å². The Bertz CT molecular complexity index is 768. The minimum absolute atomic E-state index is 0.202. The van der Waals surface area contributed by atoms with Gasteiger partial charge in [-0.1, -0.05) is 35.3 Å². The van der Waals surface area contributed by atoms with Crippen LogP contribution < -0.4 is 10.6 Å². The number of amides is 2. The third-order valence-corrected chi connectivity index (χ3v) is 3.86. The molecule has 0 aromatic heterocycles. The fourth-order valence-electron chi connectivity index (χ4n) is 2.08. The highest BCUT2D eigenvalue weighted by Crippen LogP contribution is 2.20. The zero-order chi connectivity index (χ0) is 17.7. The predicted octanol–water partition coefficient (Wildman–Crippen LogP) is 3.74. The minimum atomic E-state index is -0.481. The quantitative estimate of drug-likeness (QED) is 0.844. The molecule has 2 rings (SSSR count). The molecule has 4 nitrogen and oxygen atoms in total. The Morgan fingerprint density at radius 2 is 1.92 bits per heavy atom. The normalized spacial score (nSPS) is 11.7. The van der Waals surface area contributed by atoms with Gasteiger partial charge >= 0.3 is 0 Å². The molecule has 0 unspecified atom stereocenters. The van der Waals surface area contributed by atoms with Crippen LogP contribution in [0, 0.1) is 5.82 Å². The minimum Gasteiger partial charge on any atom is -0.348 e. The van der Waals surface area contributed by atoms with Crippen molar-refractivity contribution in [3.8, 4) is 0 Å². The number of carbonyl (C=O) groups excluding carboxylic acids is 2. The van der Waals surface area contributed by atoms with Crippen molar-refractivity contribution in [3.63, 3.8) is 0 Å². The second-order valence-corrected chi connectivity index (χ2v) is 5.99. The fourth-order valence-corrected chi connectivity index (χ4v) is 2.58. The summed E-state index contributed by atoms with van der Waals surface area (Å²) in [6, 6.07) is 10.0. The zero-order valence-corrected chi connectivity index (χ0v) is 14.3. The lowest BCUT2D eigenvalue weighted by Gasteiger charge is -2.15. The molecule has 2 aromatic carbocycles. The van der Waals surface area contributed by atoms with Crippen LogP contribution in [0.1, 0.15) is 28.9 Å². The average Bonchev–Trinajstić information content (AvgIpc) is 2.52. The van der Waals surface area contributed by atoms with E-state index in [-0.39, 0.29) is 29.0 Å². The van der Waals surface area contributed by atoms with E-state index in [1.54, 1.807) is 19.1 Å². The largest absolute Gasteiger partial charge is 0.348 e. The van der Waals surface area contributed by atoms with Gasteiger partial charge in [-0.25, -0.2) is 4.39 Å². The molecule has 0 aliphatic heterocycles. The first-order valence-electron chi connectivity index (χ1n) is 7.15. The van der Waals surface area contributed by atoms with Crippen molar-refractivity contribution in [2.75, 3.05) is 6.54 Å². The van der Waals surface area contributed by atoms with Gasteiger partial charge < -0.3 is 10.6 Å². The molecule has 0 radical (unpaired) electrons. The first-order valence-corrected chi connectivity index (χ1v) is 7.90. The Labute approximate surface area is 149 Å². The number of nitrogens with one attached hydrogen (secondary N) is 2. The van der Waals surface area contributed by atoms with Crippen LogP contribution in [-0.4, -0.2) is 18.4 Å². The molecule has 0 aliphatic carbocycles. The molecular formula is C17H15Cl2FN2O2. The highest BCUT2D eigenvalue weighted by Gasteiger charge is 2.14. The molecule has 2 amide bonds. The highest BCUT2D eigenvalue weighted by molar-refractivity contribution is 6.36. The molecular weight excluding hydrogens is 354 g/mol. The van der Waals surface area contributed by atoms with Gasteiger partial charge in [0.05, 0.1) is 23.2 Å².